The molecule has 0 unspecified atom stereocenters. The van der Waals surface area contributed by atoms with Crippen LogP contribution in [0.4, 0.5) is 0 Å². The zero-order valence-corrected chi connectivity index (χ0v) is 16.8. The zero-order valence-electron chi connectivity index (χ0n) is 16.8. The number of nitrogens with zero attached hydrogens (tertiary/aromatic N) is 1. The van der Waals surface area contributed by atoms with Crippen LogP contribution in [-0.4, -0.2) is 30.5 Å². The number of pyridine rings is 1. The van der Waals surface area contributed by atoms with E-state index < -0.39 is 11.8 Å². The van der Waals surface area contributed by atoms with E-state index in [1.54, 1.807) is 31.2 Å². The van der Waals surface area contributed by atoms with Crippen LogP contribution in [0, 0.1) is 13.8 Å². The van der Waals surface area contributed by atoms with Gasteiger partial charge in [0.2, 0.25) is 0 Å². The van der Waals surface area contributed by atoms with Gasteiger partial charge in [-0.1, -0.05) is 11.6 Å². The van der Waals surface area contributed by atoms with Gasteiger partial charge < -0.3 is 9.47 Å². The van der Waals surface area contributed by atoms with E-state index in [0.29, 0.717) is 34.9 Å². The van der Waals surface area contributed by atoms with Crippen molar-refractivity contribution in [2.75, 3.05) is 13.7 Å². The van der Waals surface area contributed by atoms with Crippen molar-refractivity contribution in [1.82, 2.24) is 15.8 Å². The number of benzene rings is 2. The molecule has 7 heteroatoms. The minimum absolute atomic E-state index is 0.328. The van der Waals surface area contributed by atoms with Crippen molar-refractivity contribution in [1.29, 1.82) is 0 Å². The maximum atomic E-state index is 12.6. The average molecular weight is 393 g/mol. The number of hydrazine groups is 1. The Morgan fingerprint density at radius 3 is 2.45 bits per heavy atom. The van der Waals surface area contributed by atoms with Crippen LogP contribution < -0.4 is 20.3 Å². The molecule has 150 valence electrons. The van der Waals surface area contributed by atoms with Crippen LogP contribution in [-0.2, 0) is 0 Å². The van der Waals surface area contributed by atoms with Crippen molar-refractivity contribution >= 4 is 22.7 Å². The second-order valence-corrected chi connectivity index (χ2v) is 6.52. The molecular weight excluding hydrogens is 370 g/mol. The molecule has 2 aromatic carbocycles. The normalized spacial score (nSPS) is 10.5. The topological polar surface area (TPSA) is 89.6 Å². The van der Waals surface area contributed by atoms with Gasteiger partial charge in [0.25, 0.3) is 11.8 Å². The minimum Gasteiger partial charge on any atom is -0.493 e. The smallest absolute Gasteiger partial charge is 0.271 e. The Hall–Kier alpha value is -3.61. The molecule has 0 aliphatic carbocycles. The van der Waals surface area contributed by atoms with E-state index in [4.69, 9.17) is 9.47 Å². The van der Waals surface area contributed by atoms with E-state index in [1.807, 2.05) is 32.0 Å². The number of methoxy groups -OCH3 is 1. The molecule has 0 bridgehead atoms. The summed E-state index contributed by atoms with van der Waals surface area (Å²) in [6.07, 6.45) is 0. The number of ether oxygens (including phenoxy) is 2. The summed E-state index contributed by atoms with van der Waals surface area (Å²) in [5.41, 5.74) is 8.06. The third-order valence-electron chi connectivity index (χ3n) is 4.42. The van der Waals surface area contributed by atoms with Crippen LogP contribution >= 0.6 is 0 Å². The Morgan fingerprint density at radius 2 is 1.72 bits per heavy atom. The Bertz CT molecular complexity index is 1080. The van der Waals surface area contributed by atoms with Gasteiger partial charge in [-0.15, -0.1) is 0 Å². The molecule has 2 amide bonds. The molecular formula is C22H23N3O4. The Kier molecular flexibility index (Phi) is 5.97. The third-order valence-corrected chi connectivity index (χ3v) is 4.42. The second-order valence-electron chi connectivity index (χ2n) is 6.52. The lowest BCUT2D eigenvalue weighted by molar-refractivity contribution is 0.0846. The van der Waals surface area contributed by atoms with Crippen LogP contribution in [0.3, 0.4) is 0 Å². The van der Waals surface area contributed by atoms with Gasteiger partial charge in [0.15, 0.2) is 11.5 Å². The van der Waals surface area contributed by atoms with Gasteiger partial charge in [-0.3, -0.25) is 25.4 Å². The number of fused-ring (bicyclic) bond motifs is 1. The lowest BCUT2D eigenvalue weighted by atomic mass is 10.1. The summed E-state index contributed by atoms with van der Waals surface area (Å²) in [5.74, 6) is 0.0751. The largest absolute Gasteiger partial charge is 0.493 e. The molecule has 0 fully saturated rings. The average Bonchev–Trinajstić information content (AvgIpc) is 2.72. The maximum Gasteiger partial charge on any atom is 0.271 e. The monoisotopic (exact) mass is 393 g/mol. The highest BCUT2D eigenvalue weighted by Gasteiger charge is 2.15. The van der Waals surface area contributed by atoms with Crippen molar-refractivity contribution in [3.63, 3.8) is 0 Å². The molecule has 0 aliphatic rings. The van der Waals surface area contributed by atoms with Gasteiger partial charge in [0.05, 0.1) is 30.5 Å². The molecule has 3 aromatic rings. The van der Waals surface area contributed by atoms with E-state index in [2.05, 4.69) is 15.8 Å². The summed E-state index contributed by atoms with van der Waals surface area (Å²) < 4.78 is 10.7. The molecule has 1 aromatic heterocycles. The first-order valence-corrected chi connectivity index (χ1v) is 9.22. The van der Waals surface area contributed by atoms with Gasteiger partial charge in [-0.2, -0.15) is 0 Å². The molecule has 1 heterocycles. The van der Waals surface area contributed by atoms with Gasteiger partial charge in [0.1, 0.15) is 0 Å². The predicted octanol–water partition coefficient (Wildman–Crippen LogP) is 3.33. The van der Waals surface area contributed by atoms with E-state index in [0.717, 1.165) is 16.5 Å². The van der Waals surface area contributed by atoms with Crippen molar-refractivity contribution in [3.05, 3.63) is 64.8 Å². The first-order valence-electron chi connectivity index (χ1n) is 9.22. The molecule has 29 heavy (non-hydrogen) atoms. The quantitative estimate of drug-likeness (QED) is 0.649. The van der Waals surface area contributed by atoms with E-state index in [1.165, 1.54) is 7.11 Å². The summed E-state index contributed by atoms with van der Waals surface area (Å²) in [6.45, 7) is 6.08. The summed E-state index contributed by atoms with van der Waals surface area (Å²) in [4.78, 5) is 29.5. The molecule has 0 atom stereocenters. The number of carbonyl (C=O) groups excluding carboxylic acids is 2. The standard InChI is InChI=1S/C22H23N3O4/c1-5-29-19-9-7-15(12-20(19)28-4)21(26)24-25-22(27)17-11-16-10-13(2)6-8-18(16)23-14(17)3/h6-12H,5H2,1-4H3,(H,24,26)(H,25,27). The van der Waals surface area contributed by atoms with Crippen molar-refractivity contribution in [3.8, 4) is 11.5 Å². The van der Waals surface area contributed by atoms with Crippen LogP contribution in [0.15, 0.2) is 42.5 Å². The number of aromatic nitrogens is 1. The highest BCUT2D eigenvalue weighted by atomic mass is 16.5. The highest BCUT2D eigenvalue weighted by molar-refractivity contribution is 6.01. The number of carbonyl (C=O) groups is 2. The lowest BCUT2D eigenvalue weighted by Gasteiger charge is -2.12. The summed E-state index contributed by atoms with van der Waals surface area (Å²) >= 11 is 0. The summed E-state index contributed by atoms with van der Waals surface area (Å²) in [7, 11) is 1.50. The third kappa shape index (κ3) is 4.45. The fourth-order valence-corrected chi connectivity index (χ4v) is 2.96. The molecule has 0 radical (unpaired) electrons. The SMILES string of the molecule is CCOc1ccc(C(=O)NNC(=O)c2cc3cc(C)ccc3nc2C)cc1OC. The minimum atomic E-state index is -0.470. The Morgan fingerprint density at radius 1 is 0.966 bits per heavy atom. The second kappa shape index (κ2) is 8.60. The van der Waals surface area contributed by atoms with Crippen LogP contribution in [0.1, 0.15) is 38.9 Å². The van der Waals surface area contributed by atoms with E-state index in [9.17, 15) is 9.59 Å². The van der Waals surface area contributed by atoms with Crippen LogP contribution in [0.2, 0.25) is 0 Å². The van der Waals surface area contributed by atoms with Gasteiger partial charge in [0, 0.05) is 10.9 Å². The Labute approximate surface area is 169 Å². The number of rotatable bonds is 5. The van der Waals surface area contributed by atoms with E-state index >= 15 is 0 Å². The van der Waals surface area contributed by atoms with Gasteiger partial charge >= 0.3 is 0 Å². The number of hydrogen-bond acceptors (Lipinski definition) is 5. The molecule has 0 spiro atoms. The first-order chi connectivity index (χ1) is 13.9. The lowest BCUT2D eigenvalue weighted by Crippen LogP contribution is -2.42. The number of aryl methyl sites for hydroxylation is 2. The maximum absolute atomic E-state index is 12.6. The Balaban J connectivity index is 1.74. The van der Waals surface area contributed by atoms with Crippen molar-refractivity contribution < 1.29 is 19.1 Å². The van der Waals surface area contributed by atoms with Crippen LogP contribution in [0.5, 0.6) is 11.5 Å². The van der Waals surface area contributed by atoms with Crippen molar-refractivity contribution in [2.45, 2.75) is 20.8 Å². The fraction of sp³-hybridized carbons (Fsp3) is 0.227. The number of amides is 2. The molecule has 3 rings (SSSR count). The van der Waals surface area contributed by atoms with Gasteiger partial charge in [-0.25, -0.2) is 0 Å². The zero-order chi connectivity index (χ0) is 21.0. The fourth-order valence-electron chi connectivity index (χ4n) is 2.96. The van der Waals surface area contributed by atoms with Crippen molar-refractivity contribution in [2.24, 2.45) is 0 Å². The van der Waals surface area contributed by atoms with Gasteiger partial charge in [-0.05, 0) is 57.2 Å². The first kappa shape index (κ1) is 20.1. The summed E-state index contributed by atoms with van der Waals surface area (Å²) in [5, 5.41) is 0.864. The molecule has 0 saturated heterocycles. The predicted molar refractivity (Wildman–Crippen MR) is 110 cm³/mol. The molecule has 0 saturated carbocycles. The summed E-state index contributed by atoms with van der Waals surface area (Å²) in [6, 6.07) is 12.4. The molecule has 7 nitrogen and oxygen atoms in total. The molecule has 2 N–H and O–H groups in total. The van der Waals surface area contributed by atoms with Crippen LogP contribution in [0.25, 0.3) is 10.9 Å². The number of hydrogen-bond donors (Lipinski definition) is 2. The molecule has 0 aliphatic heterocycles. The van der Waals surface area contributed by atoms with E-state index in [-0.39, 0.29) is 0 Å². The highest BCUT2D eigenvalue weighted by Crippen LogP contribution is 2.28. The number of nitrogens with one attached hydrogen (secondary N) is 2.